The molecule has 1 N–H and O–H groups in total. The van der Waals surface area contributed by atoms with Crippen LogP contribution in [0.15, 0.2) is 18.2 Å². The van der Waals surface area contributed by atoms with Crippen LogP contribution in [-0.2, 0) is 13.0 Å². The standard InChI is InChI=1S/C17H24N2/c1-2-8-17(9-3-1)12-19(13-17)16-6-4-5-14-7-10-18-11-15(14)16/h4-6,18H,1-3,7-13H2. The fraction of sp³-hybridized carbons (Fsp3) is 0.647. The summed E-state index contributed by atoms with van der Waals surface area (Å²) in [5, 5.41) is 3.53. The molecule has 0 radical (unpaired) electrons. The lowest BCUT2D eigenvalue weighted by molar-refractivity contribution is 0.139. The zero-order valence-electron chi connectivity index (χ0n) is 11.8. The monoisotopic (exact) mass is 256 g/mol. The molecule has 19 heavy (non-hydrogen) atoms. The zero-order chi connectivity index (χ0) is 12.7. The zero-order valence-corrected chi connectivity index (χ0v) is 11.8. The van der Waals surface area contributed by atoms with E-state index in [0.29, 0.717) is 5.41 Å². The van der Waals surface area contributed by atoms with Crippen LogP contribution in [0, 0.1) is 5.41 Å². The molecule has 1 aromatic carbocycles. The van der Waals surface area contributed by atoms with Crippen molar-refractivity contribution in [3.63, 3.8) is 0 Å². The fourth-order valence-electron chi connectivity index (χ4n) is 4.34. The van der Waals surface area contributed by atoms with Crippen LogP contribution in [0.2, 0.25) is 0 Å². The Morgan fingerprint density at radius 2 is 1.89 bits per heavy atom. The first-order valence-corrected chi connectivity index (χ1v) is 7.93. The van der Waals surface area contributed by atoms with Crippen LogP contribution in [0.3, 0.4) is 0 Å². The summed E-state index contributed by atoms with van der Waals surface area (Å²) in [4.78, 5) is 2.64. The number of benzene rings is 1. The van der Waals surface area contributed by atoms with Gasteiger partial charge in [-0.05, 0) is 43.0 Å². The van der Waals surface area contributed by atoms with Crippen LogP contribution in [0.5, 0.6) is 0 Å². The van der Waals surface area contributed by atoms with Crippen molar-refractivity contribution in [2.45, 2.75) is 45.1 Å². The molecule has 1 saturated carbocycles. The summed E-state index contributed by atoms with van der Waals surface area (Å²) < 4.78 is 0. The Labute approximate surface area is 116 Å². The molecule has 4 rings (SSSR count). The van der Waals surface area contributed by atoms with E-state index in [9.17, 15) is 0 Å². The smallest absolute Gasteiger partial charge is 0.0415 e. The molecule has 0 bridgehead atoms. The second-order valence-corrected chi connectivity index (χ2v) is 6.76. The predicted molar refractivity (Wildman–Crippen MR) is 79.6 cm³/mol. The van der Waals surface area contributed by atoms with Crippen molar-refractivity contribution in [3.05, 3.63) is 29.3 Å². The molecule has 102 valence electrons. The van der Waals surface area contributed by atoms with E-state index < -0.39 is 0 Å². The molecule has 0 aromatic heterocycles. The summed E-state index contributed by atoms with van der Waals surface area (Å²) in [6.45, 7) is 4.82. The second kappa shape index (κ2) is 4.52. The van der Waals surface area contributed by atoms with Gasteiger partial charge in [0.1, 0.15) is 0 Å². The van der Waals surface area contributed by atoms with Crippen molar-refractivity contribution >= 4 is 5.69 Å². The molecule has 3 aliphatic rings. The first-order valence-electron chi connectivity index (χ1n) is 7.93. The topological polar surface area (TPSA) is 15.3 Å². The maximum absolute atomic E-state index is 3.53. The number of nitrogens with one attached hydrogen (secondary N) is 1. The highest BCUT2D eigenvalue weighted by atomic mass is 15.2. The lowest BCUT2D eigenvalue weighted by atomic mass is 9.68. The lowest BCUT2D eigenvalue weighted by Gasteiger charge is -2.54. The van der Waals surface area contributed by atoms with Gasteiger partial charge in [-0.3, -0.25) is 0 Å². The summed E-state index contributed by atoms with van der Waals surface area (Å²) in [6, 6.07) is 6.91. The summed E-state index contributed by atoms with van der Waals surface area (Å²) in [6.07, 6.45) is 8.52. The number of nitrogens with zero attached hydrogens (tertiary/aromatic N) is 1. The average Bonchev–Trinajstić information content (AvgIpc) is 2.45. The number of rotatable bonds is 1. The summed E-state index contributed by atoms with van der Waals surface area (Å²) >= 11 is 0. The molecule has 0 atom stereocenters. The third kappa shape index (κ3) is 1.97. The molecule has 1 saturated heterocycles. The third-order valence-electron chi connectivity index (χ3n) is 5.43. The van der Waals surface area contributed by atoms with E-state index >= 15 is 0 Å². The molecule has 2 aliphatic heterocycles. The number of fused-ring (bicyclic) bond motifs is 1. The molecule has 2 fully saturated rings. The predicted octanol–water partition coefficient (Wildman–Crippen LogP) is 3.10. The third-order valence-corrected chi connectivity index (χ3v) is 5.43. The number of anilines is 1. The highest BCUT2D eigenvalue weighted by molar-refractivity contribution is 5.59. The summed E-state index contributed by atoms with van der Waals surface area (Å²) in [7, 11) is 0. The minimum Gasteiger partial charge on any atom is -0.370 e. The molecule has 0 amide bonds. The maximum atomic E-state index is 3.53. The van der Waals surface area contributed by atoms with Crippen LogP contribution >= 0.6 is 0 Å². The summed E-state index contributed by atoms with van der Waals surface area (Å²) in [5.41, 5.74) is 5.34. The Balaban J connectivity index is 1.55. The van der Waals surface area contributed by atoms with E-state index in [2.05, 4.69) is 28.4 Å². The fourth-order valence-corrected chi connectivity index (χ4v) is 4.34. The Morgan fingerprint density at radius 1 is 1.05 bits per heavy atom. The van der Waals surface area contributed by atoms with E-state index in [1.807, 2.05) is 0 Å². The summed E-state index contributed by atoms with van der Waals surface area (Å²) in [5.74, 6) is 0. The molecule has 1 aromatic rings. The van der Waals surface area contributed by atoms with Crippen molar-refractivity contribution in [1.82, 2.24) is 5.32 Å². The molecule has 1 spiro atoms. The van der Waals surface area contributed by atoms with E-state index in [1.165, 1.54) is 57.3 Å². The Hall–Kier alpha value is -1.02. The first kappa shape index (κ1) is 11.8. The first-order chi connectivity index (χ1) is 9.36. The van der Waals surface area contributed by atoms with Crippen LogP contribution in [0.4, 0.5) is 5.69 Å². The largest absolute Gasteiger partial charge is 0.370 e. The number of hydrogen-bond acceptors (Lipinski definition) is 2. The van der Waals surface area contributed by atoms with E-state index in [1.54, 1.807) is 11.1 Å². The molecule has 1 aliphatic carbocycles. The molecule has 2 heteroatoms. The van der Waals surface area contributed by atoms with Crippen LogP contribution < -0.4 is 10.2 Å². The van der Waals surface area contributed by atoms with Gasteiger partial charge in [0.2, 0.25) is 0 Å². The van der Waals surface area contributed by atoms with Crippen molar-refractivity contribution in [2.75, 3.05) is 24.5 Å². The van der Waals surface area contributed by atoms with Gasteiger partial charge in [-0.1, -0.05) is 31.4 Å². The average molecular weight is 256 g/mol. The van der Waals surface area contributed by atoms with Gasteiger partial charge in [0.25, 0.3) is 0 Å². The van der Waals surface area contributed by atoms with Gasteiger partial charge in [-0.2, -0.15) is 0 Å². The van der Waals surface area contributed by atoms with E-state index in [-0.39, 0.29) is 0 Å². The maximum Gasteiger partial charge on any atom is 0.0415 e. The van der Waals surface area contributed by atoms with Crippen LogP contribution in [0.1, 0.15) is 43.2 Å². The minimum absolute atomic E-state index is 0.684. The van der Waals surface area contributed by atoms with Crippen molar-refractivity contribution in [3.8, 4) is 0 Å². The van der Waals surface area contributed by atoms with Crippen LogP contribution in [-0.4, -0.2) is 19.6 Å². The van der Waals surface area contributed by atoms with Gasteiger partial charge in [0, 0.05) is 30.7 Å². The van der Waals surface area contributed by atoms with Gasteiger partial charge < -0.3 is 10.2 Å². The molecule has 2 nitrogen and oxygen atoms in total. The Morgan fingerprint density at radius 3 is 2.74 bits per heavy atom. The quantitative estimate of drug-likeness (QED) is 0.830. The highest BCUT2D eigenvalue weighted by Crippen LogP contribution is 2.46. The molecule has 0 unspecified atom stereocenters. The SMILES string of the molecule is c1cc2c(c(N3CC4(CCCCC4)C3)c1)CNCC2. The van der Waals surface area contributed by atoms with Gasteiger partial charge in [0.05, 0.1) is 0 Å². The van der Waals surface area contributed by atoms with Crippen molar-refractivity contribution < 1.29 is 0 Å². The van der Waals surface area contributed by atoms with Gasteiger partial charge in [-0.15, -0.1) is 0 Å². The van der Waals surface area contributed by atoms with E-state index in [4.69, 9.17) is 0 Å². The lowest BCUT2D eigenvalue weighted by Crippen LogP contribution is -2.57. The molecular weight excluding hydrogens is 232 g/mol. The highest BCUT2D eigenvalue weighted by Gasteiger charge is 2.43. The minimum atomic E-state index is 0.684. The normalized spacial score (nSPS) is 24.9. The molecule has 2 heterocycles. The van der Waals surface area contributed by atoms with Gasteiger partial charge in [-0.25, -0.2) is 0 Å². The van der Waals surface area contributed by atoms with Gasteiger partial charge in [0.15, 0.2) is 0 Å². The van der Waals surface area contributed by atoms with Crippen molar-refractivity contribution in [2.24, 2.45) is 5.41 Å². The second-order valence-electron chi connectivity index (χ2n) is 6.76. The molecular formula is C17H24N2. The van der Waals surface area contributed by atoms with Crippen molar-refractivity contribution in [1.29, 1.82) is 0 Å². The number of hydrogen-bond donors (Lipinski definition) is 1. The van der Waals surface area contributed by atoms with Crippen LogP contribution in [0.25, 0.3) is 0 Å². The van der Waals surface area contributed by atoms with E-state index in [0.717, 1.165) is 13.1 Å². The van der Waals surface area contributed by atoms with Gasteiger partial charge >= 0.3 is 0 Å². The Kier molecular flexibility index (Phi) is 2.80. The Bertz CT molecular complexity index is 466.